The van der Waals surface area contributed by atoms with E-state index in [1.54, 1.807) is 0 Å². The highest BCUT2D eigenvalue weighted by Gasteiger charge is 2.29. The largest absolute Gasteiger partial charge is 1.00 e. The summed E-state index contributed by atoms with van der Waals surface area (Å²) in [7, 11) is 0. The second-order valence-corrected chi connectivity index (χ2v) is 6.41. The van der Waals surface area contributed by atoms with Crippen LogP contribution >= 0.6 is 0 Å². The Balaban J connectivity index is 0.00000196. The highest BCUT2D eigenvalue weighted by Crippen LogP contribution is 2.34. The molecule has 6 nitrogen and oxygen atoms in total. The lowest BCUT2D eigenvalue weighted by atomic mass is 9.98. The molecule has 1 saturated heterocycles. The van der Waals surface area contributed by atoms with Gasteiger partial charge in [-0.2, -0.15) is 0 Å². The van der Waals surface area contributed by atoms with E-state index in [-0.39, 0.29) is 24.3 Å². The fourth-order valence-corrected chi connectivity index (χ4v) is 3.52. The third-order valence-electron chi connectivity index (χ3n) is 4.65. The standard InChI is InChI=1S/C19H21N3O3.ClH/c1-3-24-19(23)13-7-6-10-22(11-13)18-17-16(20-12(2)21-18)14-8-4-5-9-15(14)25-17;/h4-5,8-9,13H,3,6-7,10-11H2,1-2H3;1H/p-1. The Labute approximate surface area is 157 Å². The number of fused-ring (bicyclic) bond motifs is 3. The predicted octanol–water partition coefficient (Wildman–Crippen LogP) is 0.468. The van der Waals surface area contributed by atoms with E-state index in [4.69, 9.17) is 9.15 Å². The van der Waals surface area contributed by atoms with Crippen LogP contribution in [0.25, 0.3) is 22.1 Å². The number of aromatic nitrogens is 2. The number of ether oxygens (including phenoxy) is 1. The van der Waals surface area contributed by atoms with Gasteiger partial charge >= 0.3 is 5.97 Å². The number of aryl methyl sites for hydroxylation is 1. The van der Waals surface area contributed by atoms with Crippen LogP contribution in [0, 0.1) is 12.8 Å². The highest BCUT2D eigenvalue weighted by molar-refractivity contribution is 6.05. The zero-order valence-electron chi connectivity index (χ0n) is 14.9. The Morgan fingerprint density at radius 2 is 2.15 bits per heavy atom. The molecule has 26 heavy (non-hydrogen) atoms. The number of carbonyl (C=O) groups is 1. The van der Waals surface area contributed by atoms with Crippen LogP contribution < -0.4 is 17.3 Å². The van der Waals surface area contributed by atoms with Crippen LogP contribution in [-0.4, -0.2) is 35.6 Å². The zero-order valence-corrected chi connectivity index (χ0v) is 15.6. The monoisotopic (exact) mass is 374 g/mol. The second kappa shape index (κ2) is 7.50. The van der Waals surface area contributed by atoms with E-state index in [0.29, 0.717) is 24.6 Å². The van der Waals surface area contributed by atoms with Gasteiger partial charge < -0.3 is 26.5 Å². The number of benzene rings is 1. The molecule has 0 bridgehead atoms. The average Bonchev–Trinajstić information content (AvgIpc) is 3.00. The van der Waals surface area contributed by atoms with Crippen LogP contribution in [0.2, 0.25) is 0 Å². The molecular weight excluding hydrogens is 354 g/mol. The second-order valence-electron chi connectivity index (χ2n) is 6.41. The molecule has 2 aromatic heterocycles. The number of hydrogen-bond acceptors (Lipinski definition) is 6. The number of halogens is 1. The number of piperidine rings is 1. The smallest absolute Gasteiger partial charge is 0.310 e. The van der Waals surface area contributed by atoms with Crippen molar-refractivity contribution in [3.63, 3.8) is 0 Å². The van der Waals surface area contributed by atoms with E-state index < -0.39 is 0 Å². The van der Waals surface area contributed by atoms with E-state index >= 15 is 0 Å². The first-order chi connectivity index (χ1) is 12.2. The minimum Gasteiger partial charge on any atom is -1.00 e. The maximum Gasteiger partial charge on any atom is 0.310 e. The van der Waals surface area contributed by atoms with Crippen molar-refractivity contribution in [3.05, 3.63) is 30.1 Å². The molecule has 7 heteroatoms. The molecule has 0 spiro atoms. The maximum atomic E-state index is 12.1. The summed E-state index contributed by atoms with van der Waals surface area (Å²) in [6.45, 7) is 5.58. The van der Waals surface area contributed by atoms with Crippen molar-refractivity contribution < 1.29 is 26.4 Å². The fourth-order valence-electron chi connectivity index (χ4n) is 3.52. The van der Waals surface area contributed by atoms with E-state index in [2.05, 4.69) is 14.9 Å². The molecule has 1 aromatic carbocycles. The summed E-state index contributed by atoms with van der Waals surface area (Å²) in [5.74, 6) is 1.22. The van der Waals surface area contributed by atoms with E-state index in [0.717, 1.165) is 41.7 Å². The lowest BCUT2D eigenvalue weighted by Crippen LogP contribution is -3.00. The van der Waals surface area contributed by atoms with Crippen molar-refractivity contribution in [3.8, 4) is 0 Å². The molecule has 0 N–H and O–H groups in total. The van der Waals surface area contributed by atoms with Crippen molar-refractivity contribution in [2.45, 2.75) is 26.7 Å². The molecule has 1 atom stereocenters. The molecular formula is C19H21ClN3O3-. The van der Waals surface area contributed by atoms with E-state index in [9.17, 15) is 4.79 Å². The van der Waals surface area contributed by atoms with Gasteiger partial charge in [0.2, 0.25) is 0 Å². The highest BCUT2D eigenvalue weighted by atomic mass is 35.5. The third-order valence-corrected chi connectivity index (χ3v) is 4.65. The Morgan fingerprint density at radius 3 is 2.96 bits per heavy atom. The first-order valence-electron chi connectivity index (χ1n) is 8.75. The molecule has 0 radical (unpaired) electrons. The normalized spacial score (nSPS) is 17.3. The molecule has 1 fully saturated rings. The number of rotatable bonds is 3. The van der Waals surface area contributed by atoms with Crippen LogP contribution in [0.4, 0.5) is 5.82 Å². The van der Waals surface area contributed by atoms with Gasteiger partial charge in [0.25, 0.3) is 0 Å². The van der Waals surface area contributed by atoms with Crippen molar-refractivity contribution in [2.75, 3.05) is 24.6 Å². The van der Waals surface area contributed by atoms with Crippen LogP contribution in [0.3, 0.4) is 0 Å². The molecule has 1 unspecified atom stereocenters. The molecule has 3 heterocycles. The lowest BCUT2D eigenvalue weighted by molar-refractivity contribution is -0.148. The van der Waals surface area contributed by atoms with E-state index in [1.807, 2.05) is 38.1 Å². The topological polar surface area (TPSA) is 68.5 Å². The molecule has 0 aliphatic carbocycles. The molecule has 1 aliphatic rings. The maximum absolute atomic E-state index is 12.1. The first kappa shape index (κ1) is 18.5. The molecule has 1 aliphatic heterocycles. The number of anilines is 1. The van der Waals surface area contributed by atoms with Crippen molar-refractivity contribution in [1.82, 2.24) is 9.97 Å². The fraction of sp³-hybridized carbons (Fsp3) is 0.421. The SMILES string of the molecule is CCOC(=O)C1CCCN(c2nc(C)nc3c2oc2ccccc23)C1.[Cl-]. The average molecular weight is 375 g/mol. The Hall–Kier alpha value is -2.34. The molecule has 0 saturated carbocycles. The van der Waals surface area contributed by atoms with E-state index in [1.165, 1.54) is 0 Å². The van der Waals surface area contributed by atoms with Gasteiger partial charge in [-0.25, -0.2) is 9.97 Å². The first-order valence-corrected chi connectivity index (χ1v) is 8.75. The zero-order chi connectivity index (χ0) is 17.4. The van der Waals surface area contributed by atoms with Crippen LogP contribution in [-0.2, 0) is 9.53 Å². The van der Waals surface area contributed by atoms with Crippen molar-refractivity contribution in [1.29, 1.82) is 0 Å². The Kier molecular flexibility index (Phi) is 5.32. The molecule has 3 aromatic rings. The Bertz CT molecular complexity index is 940. The number of hydrogen-bond donors (Lipinski definition) is 0. The quantitative estimate of drug-likeness (QED) is 0.621. The number of esters is 1. The molecule has 0 amide bonds. The number of para-hydroxylation sites is 1. The van der Waals surface area contributed by atoms with Gasteiger partial charge in [-0.15, -0.1) is 0 Å². The number of nitrogens with zero attached hydrogens (tertiary/aromatic N) is 3. The van der Waals surface area contributed by atoms with Crippen molar-refractivity contribution >= 4 is 33.9 Å². The van der Waals surface area contributed by atoms with Crippen molar-refractivity contribution in [2.24, 2.45) is 5.92 Å². The van der Waals surface area contributed by atoms with Crippen LogP contribution in [0.1, 0.15) is 25.6 Å². The van der Waals surface area contributed by atoms with Gasteiger partial charge in [0.1, 0.15) is 16.9 Å². The van der Waals surface area contributed by atoms with Gasteiger partial charge in [0.05, 0.1) is 12.5 Å². The number of carbonyl (C=O) groups excluding carboxylic acids is 1. The third kappa shape index (κ3) is 3.21. The van der Waals surface area contributed by atoms with Gasteiger partial charge in [-0.3, -0.25) is 4.79 Å². The summed E-state index contributed by atoms with van der Waals surface area (Å²) in [4.78, 5) is 23.5. The van der Waals surface area contributed by atoms with Crippen LogP contribution in [0.15, 0.2) is 28.7 Å². The van der Waals surface area contributed by atoms with Gasteiger partial charge in [-0.1, -0.05) is 12.1 Å². The summed E-state index contributed by atoms with van der Waals surface area (Å²) in [6, 6.07) is 7.87. The summed E-state index contributed by atoms with van der Waals surface area (Å²) in [6.07, 6.45) is 1.77. The summed E-state index contributed by atoms with van der Waals surface area (Å²) in [5.41, 5.74) is 2.32. The summed E-state index contributed by atoms with van der Waals surface area (Å²) >= 11 is 0. The predicted molar refractivity (Wildman–Crippen MR) is 95.6 cm³/mol. The minimum atomic E-state index is -0.126. The van der Waals surface area contributed by atoms with Gasteiger partial charge in [0, 0.05) is 18.5 Å². The van der Waals surface area contributed by atoms with Gasteiger partial charge in [0.15, 0.2) is 11.4 Å². The Morgan fingerprint density at radius 1 is 1.35 bits per heavy atom. The number of furan rings is 1. The summed E-state index contributed by atoms with van der Waals surface area (Å²) < 4.78 is 11.3. The van der Waals surface area contributed by atoms with Crippen LogP contribution in [0.5, 0.6) is 0 Å². The van der Waals surface area contributed by atoms with Gasteiger partial charge in [-0.05, 0) is 38.8 Å². The molecule has 138 valence electrons. The summed E-state index contributed by atoms with van der Waals surface area (Å²) in [5, 5.41) is 0.989. The molecule has 4 rings (SSSR count). The lowest BCUT2D eigenvalue weighted by Gasteiger charge is -2.32. The minimum absolute atomic E-state index is 0.